The molecule has 0 aromatic carbocycles. The number of pyridine rings is 1. The molecular weight excluding hydrogens is 212 g/mol. The van der Waals surface area contributed by atoms with Crippen molar-refractivity contribution >= 4 is 5.78 Å². The Kier molecular flexibility index (Phi) is 5.84. The van der Waals surface area contributed by atoms with Crippen LogP contribution in [0.2, 0.25) is 0 Å². The Morgan fingerprint density at radius 1 is 1.29 bits per heavy atom. The van der Waals surface area contributed by atoms with Gasteiger partial charge in [0.25, 0.3) is 0 Å². The molecule has 0 aliphatic carbocycles. The van der Waals surface area contributed by atoms with Gasteiger partial charge in [0.15, 0.2) is 0 Å². The van der Waals surface area contributed by atoms with Gasteiger partial charge < -0.3 is 5.73 Å². The number of hydrogen-bond acceptors (Lipinski definition) is 3. The molecule has 0 saturated carbocycles. The summed E-state index contributed by atoms with van der Waals surface area (Å²) in [5.74, 6) is 0.433. The summed E-state index contributed by atoms with van der Waals surface area (Å²) in [5.41, 5.74) is 6.73. The molecule has 1 rings (SSSR count). The SMILES string of the molecule is CC(N)CCCC(C)C(=O)Cc1ccncc1. The normalized spacial score (nSPS) is 14.3. The van der Waals surface area contributed by atoms with Crippen molar-refractivity contribution < 1.29 is 4.79 Å². The molecule has 3 heteroatoms. The molecular formula is C14H22N2O. The van der Waals surface area contributed by atoms with Crippen molar-refractivity contribution in [3.8, 4) is 0 Å². The summed E-state index contributed by atoms with van der Waals surface area (Å²) < 4.78 is 0. The largest absolute Gasteiger partial charge is 0.328 e. The maximum absolute atomic E-state index is 11.9. The molecule has 2 unspecified atom stereocenters. The number of carbonyl (C=O) groups is 1. The Balaban J connectivity index is 2.32. The molecule has 1 heterocycles. The highest BCUT2D eigenvalue weighted by molar-refractivity contribution is 5.82. The summed E-state index contributed by atoms with van der Waals surface area (Å²) in [6, 6.07) is 4.02. The fraction of sp³-hybridized carbons (Fsp3) is 0.571. The zero-order valence-corrected chi connectivity index (χ0v) is 10.7. The highest BCUT2D eigenvalue weighted by Gasteiger charge is 2.13. The van der Waals surface area contributed by atoms with Crippen LogP contribution in [0.4, 0.5) is 0 Å². The highest BCUT2D eigenvalue weighted by Crippen LogP contribution is 2.12. The van der Waals surface area contributed by atoms with Gasteiger partial charge in [0, 0.05) is 30.8 Å². The standard InChI is InChI=1S/C14H22N2O/c1-11(4-3-5-12(2)15)14(17)10-13-6-8-16-9-7-13/h6-9,11-12H,3-5,10,15H2,1-2H3. The number of aromatic nitrogens is 1. The first-order valence-electron chi connectivity index (χ1n) is 6.26. The smallest absolute Gasteiger partial charge is 0.140 e. The minimum atomic E-state index is 0.127. The molecule has 1 aromatic rings. The summed E-state index contributed by atoms with van der Waals surface area (Å²) >= 11 is 0. The van der Waals surface area contributed by atoms with Crippen molar-refractivity contribution in [1.82, 2.24) is 4.98 Å². The Labute approximate surface area is 103 Å². The van der Waals surface area contributed by atoms with Gasteiger partial charge >= 0.3 is 0 Å². The molecule has 2 N–H and O–H groups in total. The predicted molar refractivity (Wildman–Crippen MR) is 69.6 cm³/mol. The van der Waals surface area contributed by atoms with E-state index in [2.05, 4.69) is 4.98 Å². The Hall–Kier alpha value is -1.22. The van der Waals surface area contributed by atoms with Crippen molar-refractivity contribution in [2.75, 3.05) is 0 Å². The van der Waals surface area contributed by atoms with Gasteiger partial charge in [-0.05, 0) is 37.5 Å². The monoisotopic (exact) mass is 234 g/mol. The van der Waals surface area contributed by atoms with E-state index in [1.165, 1.54) is 0 Å². The Morgan fingerprint density at radius 3 is 2.53 bits per heavy atom. The number of hydrogen-bond donors (Lipinski definition) is 1. The maximum Gasteiger partial charge on any atom is 0.140 e. The van der Waals surface area contributed by atoms with Crippen molar-refractivity contribution in [3.05, 3.63) is 30.1 Å². The second-order valence-electron chi connectivity index (χ2n) is 4.81. The molecule has 0 fully saturated rings. The van der Waals surface area contributed by atoms with Crippen LogP contribution < -0.4 is 5.73 Å². The lowest BCUT2D eigenvalue weighted by atomic mass is 9.94. The van der Waals surface area contributed by atoms with E-state index in [1.54, 1.807) is 12.4 Å². The lowest BCUT2D eigenvalue weighted by Gasteiger charge is -2.11. The van der Waals surface area contributed by atoms with Crippen LogP contribution in [0.1, 0.15) is 38.7 Å². The average molecular weight is 234 g/mol. The predicted octanol–water partition coefficient (Wildman–Crippen LogP) is 2.35. The Bertz CT molecular complexity index is 335. The highest BCUT2D eigenvalue weighted by atomic mass is 16.1. The van der Waals surface area contributed by atoms with Gasteiger partial charge in [0.05, 0.1) is 0 Å². The topological polar surface area (TPSA) is 56.0 Å². The maximum atomic E-state index is 11.9. The van der Waals surface area contributed by atoms with Crippen molar-refractivity contribution in [1.29, 1.82) is 0 Å². The summed E-state index contributed by atoms with van der Waals surface area (Å²) in [4.78, 5) is 15.9. The molecule has 2 atom stereocenters. The number of Topliss-reactive ketones (excluding diaryl/α,β-unsaturated/α-hetero) is 1. The van der Waals surface area contributed by atoms with Crippen LogP contribution in [-0.4, -0.2) is 16.8 Å². The van der Waals surface area contributed by atoms with Crippen molar-refractivity contribution in [2.24, 2.45) is 11.7 Å². The number of carbonyl (C=O) groups excluding carboxylic acids is 1. The summed E-state index contributed by atoms with van der Waals surface area (Å²) in [7, 11) is 0. The van der Waals surface area contributed by atoms with Crippen LogP contribution in [-0.2, 0) is 11.2 Å². The van der Waals surface area contributed by atoms with Crippen LogP contribution in [0.5, 0.6) is 0 Å². The lowest BCUT2D eigenvalue weighted by molar-refractivity contribution is -0.121. The quantitative estimate of drug-likeness (QED) is 0.788. The summed E-state index contributed by atoms with van der Waals surface area (Å²) in [6.07, 6.45) is 6.92. The van der Waals surface area contributed by atoms with Gasteiger partial charge in [-0.1, -0.05) is 13.3 Å². The summed E-state index contributed by atoms with van der Waals surface area (Å²) in [5, 5.41) is 0. The van der Waals surface area contributed by atoms with E-state index in [4.69, 9.17) is 5.73 Å². The zero-order chi connectivity index (χ0) is 12.7. The third-order valence-electron chi connectivity index (χ3n) is 2.97. The van der Waals surface area contributed by atoms with Crippen LogP contribution in [0.15, 0.2) is 24.5 Å². The van der Waals surface area contributed by atoms with E-state index in [0.29, 0.717) is 12.2 Å². The molecule has 0 aliphatic rings. The molecule has 0 spiro atoms. The molecule has 0 saturated heterocycles. The molecule has 3 nitrogen and oxygen atoms in total. The van der Waals surface area contributed by atoms with Crippen LogP contribution in [0, 0.1) is 5.92 Å². The fourth-order valence-electron chi connectivity index (χ4n) is 1.78. The first-order chi connectivity index (χ1) is 8.09. The second kappa shape index (κ2) is 7.17. The van der Waals surface area contributed by atoms with E-state index < -0.39 is 0 Å². The number of rotatable bonds is 7. The minimum Gasteiger partial charge on any atom is -0.328 e. The number of ketones is 1. The average Bonchev–Trinajstić information content (AvgIpc) is 2.29. The first kappa shape index (κ1) is 13.8. The van der Waals surface area contributed by atoms with Gasteiger partial charge in [-0.25, -0.2) is 0 Å². The first-order valence-corrected chi connectivity index (χ1v) is 6.26. The van der Waals surface area contributed by atoms with E-state index in [9.17, 15) is 4.79 Å². The minimum absolute atomic E-state index is 0.127. The van der Waals surface area contributed by atoms with Crippen LogP contribution in [0.25, 0.3) is 0 Å². The fourth-order valence-corrected chi connectivity index (χ4v) is 1.78. The third kappa shape index (κ3) is 5.59. The molecule has 0 amide bonds. The van der Waals surface area contributed by atoms with Gasteiger partial charge in [0.1, 0.15) is 5.78 Å². The third-order valence-corrected chi connectivity index (χ3v) is 2.97. The second-order valence-corrected chi connectivity index (χ2v) is 4.81. The zero-order valence-electron chi connectivity index (χ0n) is 10.7. The molecule has 17 heavy (non-hydrogen) atoms. The lowest BCUT2D eigenvalue weighted by Crippen LogP contribution is -2.17. The van der Waals surface area contributed by atoms with Gasteiger partial charge in [-0.15, -0.1) is 0 Å². The molecule has 0 bridgehead atoms. The van der Waals surface area contributed by atoms with Crippen molar-refractivity contribution in [3.63, 3.8) is 0 Å². The van der Waals surface area contributed by atoms with Gasteiger partial charge in [-0.2, -0.15) is 0 Å². The Morgan fingerprint density at radius 2 is 1.94 bits per heavy atom. The number of nitrogens with two attached hydrogens (primary N) is 1. The van der Waals surface area contributed by atoms with E-state index in [-0.39, 0.29) is 12.0 Å². The summed E-state index contributed by atoms with van der Waals surface area (Å²) in [6.45, 7) is 4.01. The van der Waals surface area contributed by atoms with Crippen molar-refractivity contribution in [2.45, 2.75) is 45.6 Å². The van der Waals surface area contributed by atoms with Crippen LogP contribution in [0.3, 0.4) is 0 Å². The van der Waals surface area contributed by atoms with Gasteiger partial charge in [-0.3, -0.25) is 9.78 Å². The molecule has 94 valence electrons. The van der Waals surface area contributed by atoms with Gasteiger partial charge in [0.2, 0.25) is 0 Å². The van der Waals surface area contributed by atoms with E-state index in [1.807, 2.05) is 26.0 Å². The number of nitrogens with zero attached hydrogens (tertiary/aromatic N) is 1. The molecule has 1 aromatic heterocycles. The van der Waals surface area contributed by atoms with E-state index in [0.717, 1.165) is 24.8 Å². The molecule has 0 radical (unpaired) electrons. The van der Waals surface area contributed by atoms with Crippen LogP contribution >= 0.6 is 0 Å². The van der Waals surface area contributed by atoms with E-state index >= 15 is 0 Å². The molecule has 0 aliphatic heterocycles.